The molecule has 6 nitrogen and oxygen atoms in total. The Morgan fingerprint density at radius 3 is 2.66 bits per heavy atom. The van der Waals surface area contributed by atoms with Gasteiger partial charge in [0.1, 0.15) is 16.5 Å². The van der Waals surface area contributed by atoms with Gasteiger partial charge >= 0.3 is 5.97 Å². The Kier molecular flexibility index (Phi) is 5.90. The molecule has 0 radical (unpaired) electrons. The van der Waals surface area contributed by atoms with Crippen molar-refractivity contribution in [3.8, 4) is 16.2 Å². The third-order valence-electron chi connectivity index (χ3n) is 5.60. The fraction of sp³-hybridized carbons (Fsp3) is 0.125. The van der Waals surface area contributed by atoms with Crippen LogP contribution in [0.3, 0.4) is 0 Å². The van der Waals surface area contributed by atoms with Gasteiger partial charge in [-0.3, -0.25) is 4.72 Å². The minimum absolute atomic E-state index is 0.00156. The number of hydrogen-bond donors (Lipinski definition) is 2. The molecule has 35 heavy (non-hydrogen) atoms. The molecule has 0 unspecified atom stereocenters. The molecule has 3 aromatic carbocycles. The Balaban J connectivity index is 1.74. The second kappa shape index (κ2) is 8.78. The molecular formula is C24H16ClF2NO5S2. The first-order valence-electron chi connectivity index (χ1n) is 10.4. The van der Waals surface area contributed by atoms with E-state index in [9.17, 15) is 22.7 Å². The molecule has 1 aliphatic rings. The fourth-order valence-corrected chi connectivity index (χ4v) is 6.71. The molecule has 1 aromatic heterocycles. The largest absolute Gasteiger partial charge is 0.505 e. The number of anilines is 1. The summed E-state index contributed by atoms with van der Waals surface area (Å²) in [6.45, 7) is -0.00156. The van der Waals surface area contributed by atoms with E-state index in [1.165, 1.54) is 11.3 Å². The Hall–Kier alpha value is -3.21. The zero-order valence-electron chi connectivity index (χ0n) is 17.8. The number of aromatic hydroxyl groups is 1. The maximum absolute atomic E-state index is 15.0. The number of ether oxygens (including phenoxy) is 1. The molecular weight excluding hydrogens is 520 g/mol. The van der Waals surface area contributed by atoms with E-state index in [0.29, 0.717) is 23.8 Å². The molecule has 0 saturated carbocycles. The molecule has 5 rings (SSSR count). The van der Waals surface area contributed by atoms with Gasteiger partial charge in [-0.1, -0.05) is 29.8 Å². The van der Waals surface area contributed by atoms with E-state index < -0.39 is 49.0 Å². The lowest BCUT2D eigenvalue weighted by atomic mass is 10.0. The van der Waals surface area contributed by atoms with E-state index in [-0.39, 0.29) is 17.7 Å². The van der Waals surface area contributed by atoms with Crippen LogP contribution in [0.25, 0.3) is 20.5 Å². The third-order valence-corrected chi connectivity index (χ3v) is 8.52. The first kappa shape index (κ1) is 23.5. The number of phenols is 1. The summed E-state index contributed by atoms with van der Waals surface area (Å²) in [6, 6.07) is 11.1. The van der Waals surface area contributed by atoms with E-state index in [2.05, 4.69) is 0 Å². The molecule has 11 heteroatoms. The maximum Gasteiger partial charge on any atom is 0.338 e. The predicted molar refractivity (Wildman–Crippen MR) is 130 cm³/mol. The molecule has 2 N–H and O–H groups in total. The number of sulfonamides is 1. The average Bonchev–Trinajstić information content (AvgIpc) is 3.17. The zero-order valence-corrected chi connectivity index (χ0v) is 20.2. The van der Waals surface area contributed by atoms with Crippen LogP contribution >= 0.6 is 22.9 Å². The van der Waals surface area contributed by atoms with Crippen molar-refractivity contribution in [2.45, 2.75) is 17.7 Å². The molecule has 0 spiro atoms. The lowest BCUT2D eigenvalue weighted by Crippen LogP contribution is -2.16. The Morgan fingerprint density at radius 1 is 1.09 bits per heavy atom. The molecule has 180 valence electrons. The van der Waals surface area contributed by atoms with Crippen molar-refractivity contribution in [2.75, 3.05) is 11.3 Å². The number of fused-ring (bicyclic) bond motifs is 8. The van der Waals surface area contributed by atoms with Crippen molar-refractivity contribution >= 4 is 54.7 Å². The van der Waals surface area contributed by atoms with Crippen LogP contribution in [0.1, 0.15) is 22.3 Å². The lowest BCUT2D eigenvalue weighted by molar-refractivity contribution is 0.0500. The van der Waals surface area contributed by atoms with Crippen LogP contribution in [0.5, 0.6) is 5.75 Å². The highest BCUT2D eigenvalue weighted by molar-refractivity contribution is 7.92. The molecule has 0 atom stereocenters. The third kappa shape index (κ3) is 4.22. The molecule has 2 heterocycles. The van der Waals surface area contributed by atoms with Crippen molar-refractivity contribution in [3.63, 3.8) is 0 Å². The summed E-state index contributed by atoms with van der Waals surface area (Å²) in [5.74, 6) is -3.68. The molecule has 4 aromatic rings. The average molecular weight is 536 g/mol. The van der Waals surface area contributed by atoms with Crippen LogP contribution in [0.4, 0.5) is 14.5 Å². The van der Waals surface area contributed by atoms with Gasteiger partial charge in [0.2, 0.25) is 0 Å². The summed E-state index contributed by atoms with van der Waals surface area (Å²) < 4.78 is 64.1. The predicted octanol–water partition coefficient (Wildman–Crippen LogP) is 6.11. The number of thiophene rings is 1. The second-order valence-electron chi connectivity index (χ2n) is 7.87. The van der Waals surface area contributed by atoms with Gasteiger partial charge in [-0.05, 0) is 48.1 Å². The standard InChI is InChI=1S/C24H16ClF2NO5S2/c25-16-8-12-9-21(22(16)29)35(31,32)28-19-10-15(17(26)11-18(19)27)23-14(5-3-7-33-24(12)30)13-4-1-2-6-20(13)34-23/h1-2,4,6,8-11,28-29H,3,5,7H2. The summed E-state index contributed by atoms with van der Waals surface area (Å²) in [7, 11) is -4.64. The highest BCUT2D eigenvalue weighted by Gasteiger charge is 2.27. The number of aryl methyl sites for hydroxylation is 1. The number of cyclic esters (lactones) is 1. The van der Waals surface area contributed by atoms with Crippen LogP contribution < -0.4 is 4.72 Å². The Labute approximate surface area is 207 Å². The van der Waals surface area contributed by atoms with Gasteiger partial charge < -0.3 is 9.84 Å². The first-order valence-corrected chi connectivity index (χ1v) is 13.1. The number of hydrogen-bond acceptors (Lipinski definition) is 6. The van der Waals surface area contributed by atoms with Crippen molar-refractivity contribution < 1.29 is 31.8 Å². The van der Waals surface area contributed by atoms with E-state index in [4.69, 9.17) is 16.3 Å². The normalized spacial score (nSPS) is 15.5. The highest BCUT2D eigenvalue weighted by atomic mass is 35.5. The summed E-state index contributed by atoms with van der Waals surface area (Å²) >= 11 is 7.24. The van der Waals surface area contributed by atoms with Crippen molar-refractivity contribution in [3.05, 3.63) is 76.3 Å². The summed E-state index contributed by atoms with van der Waals surface area (Å²) in [5, 5.41) is 10.7. The molecule has 0 amide bonds. The lowest BCUT2D eigenvalue weighted by Gasteiger charge is -2.14. The SMILES string of the molecule is O=C1OCCCc2c(sc3ccccc23)-c2cc(c(F)cc2F)NS(=O)(=O)c2cc1cc(Cl)c2O. The Morgan fingerprint density at radius 2 is 1.86 bits per heavy atom. The molecule has 0 aliphatic carbocycles. The maximum atomic E-state index is 15.0. The van der Waals surface area contributed by atoms with Gasteiger partial charge in [0.15, 0.2) is 5.75 Å². The number of phenolic OH excluding ortho intramolecular Hbond substituents is 1. The van der Waals surface area contributed by atoms with Crippen LogP contribution in [0.15, 0.2) is 53.4 Å². The van der Waals surface area contributed by atoms with Gasteiger partial charge in [-0.25, -0.2) is 22.0 Å². The number of benzene rings is 3. The van der Waals surface area contributed by atoms with Crippen LogP contribution in [0.2, 0.25) is 5.02 Å². The summed E-state index contributed by atoms with van der Waals surface area (Å²) in [6.07, 6.45) is 0.816. The summed E-state index contributed by atoms with van der Waals surface area (Å²) in [4.78, 5) is 12.3. The molecule has 1 aliphatic heterocycles. The van der Waals surface area contributed by atoms with Crippen molar-refractivity contribution in [2.24, 2.45) is 0 Å². The zero-order chi connectivity index (χ0) is 24.9. The van der Waals surface area contributed by atoms with Gasteiger partial charge in [-0.15, -0.1) is 11.3 Å². The van der Waals surface area contributed by atoms with E-state index >= 15 is 4.39 Å². The molecule has 0 saturated heterocycles. The van der Waals surface area contributed by atoms with Crippen LogP contribution in [-0.2, 0) is 21.2 Å². The Bertz CT molecular complexity index is 1620. The van der Waals surface area contributed by atoms with Gasteiger partial charge in [0.05, 0.1) is 22.9 Å². The number of halogens is 3. The van der Waals surface area contributed by atoms with Crippen molar-refractivity contribution in [1.82, 2.24) is 0 Å². The van der Waals surface area contributed by atoms with Crippen LogP contribution in [-0.4, -0.2) is 26.1 Å². The minimum Gasteiger partial charge on any atom is -0.505 e. The molecule has 0 fully saturated rings. The number of nitrogens with one attached hydrogen (secondary N) is 1. The van der Waals surface area contributed by atoms with E-state index in [1.54, 1.807) is 0 Å². The minimum atomic E-state index is -4.64. The molecule has 4 bridgehead atoms. The fourth-order valence-electron chi connectivity index (χ4n) is 3.96. The van der Waals surface area contributed by atoms with Crippen molar-refractivity contribution in [1.29, 1.82) is 0 Å². The monoisotopic (exact) mass is 535 g/mol. The highest BCUT2D eigenvalue weighted by Crippen LogP contribution is 2.42. The summed E-state index contributed by atoms with van der Waals surface area (Å²) in [5.41, 5.74) is 0.0634. The van der Waals surface area contributed by atoms with Gasteiger partial charge in [-0.2, -0.15) is 0 Å². The van der Waals surface area contributed by atoms with E-state index in [1.807, 2.05) is 29.0 Å². The first-order chi connectivity index (χ1) is 16.7. The smallest absolute Gasteiger partial charge is 0.338 e. The topological polar surface area (TPSA) is 92.7 Å². The second-order valence-corrected chi connectivity index (χ2v) is 11.0. The van der Waals surface area contributed by atoms with Gasteiger partial charge in [0, 0.05) is 21.2 Å². The quantitative estimate of drug-likeness (QED) is 0.265. The number of esters is 1. The van der Waals surface area contributed by atoms with E-state index in [0.717, 1.165) is 33.8 Å². The van der Waals surface area contributed by atoms with Crippen LogP contribution in [0, 0.1) is 11.6 Å². The van der Waals surface area contributed by atoms with Gasteiger partial charge in [0.25, 0.3) is 10.0 Å². The number of rotatable bonds is 0. The number of carbonyl (C=O) groups is 1. The number of carbonyl (C=O) groups excluding carboxylic acids is 1.